The van der Waals surface area contributed by atoms with E-state index in [0.717, 1.165) is 0 Å². The average Bonchev–Trinajstić information content (AvgIpc) is 2.78. The Kier molecular flexibility index (Phi) is 16.1. The van der Waals surface area contributed by atoms with Crippen molar-refractivity contribution in [3.05, 3.63) is 0 Å². The molecule has 0 aromatic carbocycles. The van der Waals surface area contributed by atoms with Crippen molar-refractivity contribution in [2.45, 2.75) is 69.1 Å². The molecule has 0 saturated heterocycles. The summed E-state index contributed by atoms with van der Waals surface area (Å²) in [4.78, 5) is 71.9. The lowest BCUT2D eigenvalue weighted by molar-refractivity contribution is -0.143. The number of rotatable bonds is 19. The van der Waals surface area contributed by atoms with Crippen molar-refractivity contribution in [2.24, 2.45) is 22.9 Å². The van der Waals surface area contributed by atoms with Crippen molar-refractivity contribution in [2.75, 3.05) is 18.6 Å². The van der Waals surface area contributed by atoms with Gasteiger partial charge in [-0.15, -0.1) is 0 Å². The number of carboxylic acid groups (broad SMARTS) is 1. The van der Waals surface area contributed by atoms with Gasteiger partial charge in [0.2, 0.25) is 29.5 Å². The molecule has 0 fully saturated rings. The maximum Gasteiger partial charge on any atom is 0.326 e. The van der Waals surface area contributed by atoms with E-state index in [2.05, 4.69) is 16.0 Å². The number of hydrogen-bond donors (Lipinski definition) is 8. The second-order valence-electron chi connectivity index (χ2n) is 7.87. The van der Waals surface area contributed by atoms with Gasteiger partial charge in [0, 0.05) is 6.42 Å². The van der Waals surface area contributed by atoms with Gasteiger partial charge in [-0.05, 0) is 50.7 Å². The van der Waals surface area contributed by atoms with E-state index in [-0.39, 0.29) is 19.3 Å². The molecule has 0 rings (SSSR count). The summed E-state index contributed by atoms with van der Waals surface area (Å²) in [6.45, 7) is 0.326. The van der Waals surface area contributed by atoms with Gasteiger partial charge in [0.05, 0.1) is 12.5 Å². The molecule has 0 aromatic rings. The Labute approximate surface area is 208 Å². The molecule has 12 N–H and O–H groups in total. The van der Waals surface area contributed by atoms with Crippen LogP contribution >= 0.6 is 11.8 Å². The van der Waals surface area contributed by atoms with Crippen LogP contribution in [0, 0.1) is 0 Å². The van der Waals surface area contributed by atoms with Gasteiger partial charge in [-0.1, -0.05) is 0 Å². The third kappa shape index (κ3) is 14.2. The van der Waals surface area contributed by atoms with E-state index < -0.39 is 66.1 Å². The number of nitrogens with one attached hydrogen (secondary N) is 3. The standard InChI is InChI=1S/C20H37N7O7S/c1-35-9-7-11(22)17(30)25-13(5-6-15(23)28)19(32)26-12(4-2-3-8-21)18(31)27-14(20(33)34)10-16(24)29/h11-14H,2-10,21-22H2,1H3,(H2,23,28)(H2,24,29)(H,25,30)(H,26,32)(H,27,31)(H,33,34). The number of aliphatic carboxylic acids is 1. The molecule has 0 bridgehead atoms. The van der Waals surface area contributed by atoms with Crippen LogP contribution in [0.1, 0.15) is 44.9 Å². The first-order valence-corrected chi connectivity index (χ1v) is 12.5. The molecule has 14 nitrogen and oxygen atoms in total. The number of hydrogen-bond acceptors (Lipinski definition) is 9. The minimum absolute atomic E-state index is 0.0986. The van der Waals surface area contributed by atoms with Gasteiger partial charge in [0.1, 0.15) is 18.1 Å². The summed E-state index contributed by atoms with van der Waals surface area (Å²) in [6, 6.07) is -4.91. The van der Waals surface area contributed by atoms with Crippen LogP contribution < -0.4 is 38.9 Å². The molecule has 0 aliphatic heterocycles. The maximum absolute atomic E-state index is 13.0. The minimum atomic E-state index is -1.59. The van der Waals surface area contributed by atoms with Crippen LogP contribution in [0.5, 0.6) is 0 Å². The molecule has 15 heteroatoms. The molecule has 0 saturated carbocycles. The van der Waals surface area contributed by atoms with E-state index >= 15 is 0 Å². The lowest BCUT2D eigenvalue weighted by atomic mass is 10.0. The first-order valence-electron chi connectivity index (χ1n) is 11.1. The third-order valence-electron chi connectivity index (χ3n) is 4.88. The molecule has 4 unspecified atom stereocenters. The summed E-state index contributed by atoms with van der Waals surface area (Å²) in [5, 5.41) is 16.4. The normalized spacial score (nSPS) is 14.1. The van der Waals surface area contributed by atoms with E-state index in [9.17, 15) is 33.9 Å². The number of carboxylic acids is 1. The van der Waals surface area contributed by atoms with Gasteiger partial charge in [-0.25, -0.2) is 4.79 Å². The molecule has 0 spiro atoms. The third-order valence-corrected chi connectivity index (χ3v) is 5.53. The van der Waals surface area contributed by atoms with Crippen LogP contribution in [-0.2, 0) is 28.8 Å². The van der Waals surface area contributed by atoms with E-state index in [4.69, 9.17) is 22.9 Å². The maximum atomic E-state index is 13.0. The number of nitrogens with two attached hydrogens (primary N) is 4. The predicted octanol–water partition coefficient (Wildman–Crippen LogP) is -3.12. The summed E-state index contributed by atoms with van der Waals surface area (Å²) in [5.74, 6) is -4.75. The highest BCUT2D eigenvalue weighted by atomic mass is 32.2. The zero-order chi connectivity index (χ0) is 27.0. The Hall–Kier alpha value is -2.91. The van der Waals surface area contributed by atoms with Crippen molar-refractivity contribution >= 4 is 47.3 Å². The molecule has 0 heterocycles. The van der Waals surface area contributed by atoms with Crippen LogP contribution in [0.25, 0.3) is 0 Å². The fraction of sp³-hybridized carbons (Fsp3) is 0.700. The van der Waals surface area contributed by atoms with Crippen LogP contribution in [0.3, 0.4) is 0 Å². The molecule has 0 aliphatic rings. The summed E-state index contributed by atoms with van der Waals surface area (Å²) in [7, 11) is 0. The lowest BCUT2D eigenvalue weighted by Gasteiger charge is -2.25. The smallest absolute Gasteiger partial charge is 0.326 e. The van der Waals surface area contributed by atoms with E-state index in [1.54, 1.807) is 0 Å². The number of amides is 5. The number of primary amides is 2. The largest absolute Gasteiger partial charge is 0.480 e. The number of carbonyl (C=O) groups excluding carboxylic acids is 5. The Bertz CT molecular complexity index is 753. The molecule has 200 valence electrons. The minimum Gasteiger partial charge on any atom is -0.480 e. The highest BCUT2D eigenvalue weighted by Crippen LogP contribution is 2.06. The van der Waals surface area contributed by atoms with Gasteiger partial charge in [0.15, 0.2) is 0 Å². The number of unbranched alkanes of at least 4 members (excludes halogenated alkanes) is 1. The van der Waals surface area contributed by atoms with Crippen molar-refractivity contribution in [1.82, 2.24) is 16.0 Å². The molecule has 35 heavy (non-hydrogen) atoms. The summed E-state index contributed by atoms with van der Waals surface area (Å²) in [6.07, 6.45) is 2.24. The highest BCUT2D eigenvalue weighted by molar-refractivity contribution is 7.98. The Morgan fingerprint density at radius 1 is 0.800 bits per heavy atom. The van der Waals surface area contributed by atoms with E-state index in [0.29, 0.717) is 31.6 Å². The van der Waals surface area contributed by atoms with Crippen LogP contribution in [0.2, 0.25) is 0 Å². The molecule has 0 aliphatic carbocycles. The lowest BCUT2D eigenvalue weighted by Crippen LogP contribution is -2.57. The fourth-order valence-corrected chi connectivity index (χ4v) is 3.41. The Balaban J connectivity index is 5.55. The van der Waals surface area contributed by atoms with E-state index in [1.165, 1.54) is 11.8 Å². The van der Waals surface area contributed by atoms with E-state index in [1.807, 2.05) is 6.26 Å². The zero-order valence-corrected chi connectivity index (χ0v) is 20.6. The van der Waals surface area contributed by atoms with Crippen LogP contribution in [0.4, 0.5) is 0 Å². The molecule has 5 amide bonds. The summed E-state index contributed by atoms with van der Waals surface area (Å²) < 4.78 is 0. The molecular weight excluding hydrogens is 482 g/mol. The fourth-order valence-electron chi connectivity index (χ4n) is 2.92. The van der Waals surface area contributed by atoms with Gasteiger partial charge in [-0.2, -0.15) is 11.8 Å². The van der Waals surface area contributed by atoms with Gasteiger partial charge in [-0.3, -0.25) is 24.0 Å². The van der Waals surface area contributed by atoms with Crippen LogP contribution in [-0.4, -0.2) is 83.3 Å². The van der Waals surface area contributed by atoms with Gasteiger partial charge in [0.25, 0.3) is 0 Å². The van der Waals surface area contributed by atoms with Crippen molar-refractivity contribution in [1.29, 1.82) is 0 Å². The second kappa shape index (κ2) is 17.5. The molecule has 0 aromatic heterocycles. The summed E-state index contributed by atoms with van der Waals surface area (Å²) >= 11 is 1.49. The van der Waals surface area contributed by atoms with Gasteiger partial charge < -0.3 is 44.0 Å². The quantitative estimate of drug-likeness (QED) is 0.0795. The highest BCUT2D eigenvalue weighted by Gasteiger charge is 2.30. The number of carbonyl (C=O) groups is 6. The van der Waals surface area contributed by atoms with Crippen molar-refractivity contribution < 1.29 is 33.9 Å². The van der Waals surface area contributed by atoms with Gasteiger partial charge >= 0.3 is 5.97 Å². The summed E-state index contributed by atoms with van der Waals surface area (Å²) in [5.41, 5.74) is 21.5. The van der Waals surface area contributed by atoms with Crippen molar-refractivity contribution in [3.63, 3.8) is 0 Å². The Morgan fingerprint density at radius 2 is 1.34 bits per heavy atom. The second-order valence-corrected chi connectivity index (χ2v) is 8.86. The van der Waals surface area contributed by atoms with Crippen molar-refractivity contribution in [3.8, 4) is 0 Å². The Morgan fingerprint density at radius 3 is 1.83 bits per heavy atom. The van der Waals surface area contributed by atoms with Crippen LogP contribution in [0.15, 0.2) is 0 Å². The number of thioether (sulfide) groups is 1. The first-order chi connectivity index (χ1) is 16.4. The first kappa shape index (κ1) is 32.1. The predicted molar refractivity (Wildman–Crippen MR) is 130 cm³/mol. The topological polar surface area (TPSA) is 263 Å². The SMILES string of the molecule is CSCCC(N)C(=O)NC(CCC(N)=O)C(=O)NC(CCCCN)C(=O)NC(CC(N)=O)C(=O)O. The monoisotopic (exact) mass is 519 g/mol. The zero-order valence-electron chi connectivity index (χ0n) is 19.8. The molecule has 0 radical (unpaired) electrons. The molecular formula is C20H37N7O7S. The molecule has 4 atom stereocenters. The average molecular weight is 520 g/mol.